The van der Waals surface area contributed by atoms with Crippen molar-refractivity contribution in [3.05, 3.63) is 34.6 Å². The molecule has 1 aromatic rings. The number of aliphatic hydroxyl groups is 1. The second-order valence-electron chi connectivity index (χ2n) is 3.86. The van der Waals surface area contributed by atoms with Gasteiger partial charge in [0, 0.05) is 13.5 Å². The number of methoxy groups -OCH3 is 1. The minimum absolute atomic E-state index is 0.0881. The first-order chi connectivity index (χ1) is 6.94. The second-order valence-corrected chi connectivity index (χ2v) is 4.26. The molecule has 0 spiro atoms. The summed E-state index contributed by atoms with van der Waals surface area (Å²) in [4.78, 5) is 0. The van der Waals surface area contributed by atoms with Gasteiger partial charge in [-0.3, -0.25) is 0 Å². The van der Waals surface area contributed by atoms with E-state index in [0.717, 1.165) is 0 Å². The summed E-state index contributed by atoms with van der Waals surface area (Å²) < 4.78 is 18.0. The second kappa shape index (κ2) is 4.92. The smallest absolute Gasteiger partial charge is 0.142 e. The van der Waals surface area contributed by atoms with E-state index in [0.29, 0.717) is 12.0 Å². The maximum Gasteiger partial charge on any atom is 0.142 e. The highest BCUT2D eigenvalue weighted by Gasteiger charge is 2.21. The van der Waals surface area contributed by atoms with Gasteiger partial charge in [0.25, 0.3) is 0 Å². The first kappa shape index (κ1) is 12.4. The van der Waals surface area contributed by atoms with Crippen LogP contribution in [0, 0.1) is 5.82 Å². The van der Waals surface area contributed by atoms with Gasteiger partial charge in [-0.2, -0.15) is 0 Å². The molecular formula is C11H14ClFO2. The van der Waals surface area contributed by atoms with Gasteiger partial charge < -0.3 is 9.84 Å². The van der Waals surface area contributed by atoms with E-state index < -0.39 is 11.4 Å². The average molecular weight is 233 g/mol. The molecule has 1 unspecified atom stereocenters. The minimum atomic E-state index is -0.991. The maximum atomic E-state index is 13.1. The number of hydrogen-bond donors (Lipinski definition) is 1. The Kier molecular flexibility index (Phi) is 4.08. The Balaban J connectivity index is 2.76. The molecular weight excluding hydrogens is 219 g/mol. The molecule has 1 rings (SSSR count). The summed E-state index contributed by atoms with van der Waals surface area (Å²) in [5, 5.41) is 9.94. The molecule has 0 aliphatic heterocycles. The summed E-state index contributed by atoms with van der Waals surface area (Å²) in [6, 6.07) is 4.50. The van der Waals surface area contributed by atoms with E-state index in [1.165, 1.54) is 19.2 Å². The van der Waals surface area contributed by atoms with Crippen molar-refractivity contribution >= 4 is 11.6 Å². The zero-order valence-electron chi connectivity index (χ0n) is 8.76. The number of rotatable bonds is 4. The molecule has 1 atom stereocenters. The minimum Gasteiger partial charge on any atom is -0.387 e. The topological polar surface area (TPSA) is 29.5 Å². The van der Waals surface area contributed by atoms with E-state index in [1.54, 1.807) is 13.0 Å². The molecule has 0 amide bonds. The fourth-order valence-corrected chi connectivity index (χ4v) is 1.57. The van der Waals surface area contributed by atoms with Gasteiger partial charge >= 0.3 is 0 Å². The highest BCUT2D eigenvalue weighted by Crippen LogP contribution is 2.19. The zero-order chi connectivity index (χ0) is 11.5. The molecule has 0 fully saturated rings. The number of hydrogen-bond acceptors (Lipinski definition) is 2. The quantitative estimate of drug-likeness (QED) is 0.864. The third-order valence-corrected chi connectivity index (χ3v) is 2.33. The van der Waals surface area contributed by atoms with Crippen LogP contribution in [0.3, 0.4) is 0 Å². The van der Waals surface area contributed by atoms with Gasteiger partial charge in [-0.05, 0) is 24.6 Å². The Hall–Kier alpha value is -0.640. The van der Waals surface area contributed by atoms with Gasteiger partial charge in [0.15, 0.2) is 0 Å². The molecule has 4 heteroatoms. The standard InChI is InChI=1S/C11H14ClFO2/c1-11(14,7-15-2)6-8-3-4-9(12)10(13)5-8/h3-5,14H,6-7H2,1-2H3. The van der Waals surface area contributed by atoms with E-state index in [2.05, 4.69) is 0 Å². The summed E-state index contributed by atoms with van der Waals surface area (Å²) >= 11 is 5.55. The predicted octanol–water partition coefficient (Wildman–Crippen LogP) is 2.42. The van der Waals surface area contributed by atoms with Gasteiger partial charge in [0.05, 0.1) is 17.2 Å². The van der Waals surface area contributed by atoms with Crippen molar-refractivity contribution in [1.82, 2.24) is 0 Å². The molecule has 0 saturated carbocycles. The van der Waals surface area contributed by atoms with E-state index in [9.17, 15) is 9.50 Å². The Labute approximate surface area is 93.6 Å². The molecule has 0 aliphatic carbocycles. The van der Waals surface area contributed by atoms with Crippen molar-refractivity contribution < 1.29 is 14.2 Å². The third kappa shape index (κ3) is 3.78. The van der Waals surface area contributed by atoms with E-state index >= 15 is 0 Å². The van der Waals surface area contributed by atoms with Gasteiger partial charge in [-0.25, -0.2) is 4.39 Å². The SMILES string of the molecule is COCC(C)(O)Cc1ccc(Cl)c(F)c1. The van der Waals surface area contributed by atoms with Crippen molar-refractivity contribution in [2.45, 2.75) is 18.9 Å². The summed E-state index contributed by atoms with van der Waals surface area (Å²) in [5.74, 6) is -0.470. The van der Waals surface area contributed by atoms with Gasteiger partial charge in [0.1, 0.15) is 5.82 Å². The van der Waals surface area contributed by atoms with Crippen LogP contribution in [-0.4, -0.2) is 24.4 Å². The predicted molar refractivity (Wildman–Crippen MR) is 57.6 cm³/mol. The zero-order valence-corrected chi connectivity index (χ0v) is 9.51. The first-order valence-electron chi connectivity index (χ1n) is 4.60. The van der Waals surface area contributed by atoms with E-state index in [1.807, 2.05) is 0 Å². The molecule has 0 aromatic heterocycles. The van der Waals surface area contributed by atoms with Crippen molar-refractivity contribution in [2.24, 2.45) is 0 Å². The Bertz CT molecular complexity index is 339. The molecule has 0 radical (unpaired) electrons. The number of benzene rings is 1. The van der Waals surface area contributed by atoms with Crippen LogP contribution >= 0.6 is 11.6 Å². The fourth-order valence-electron chi connectivity index (χ4n) is 1.45. The van der Waals surface area contributed by atoms with Crippen LogP contribution in [0.25, 0.3) is 0 Å². The van der Waals surface area contributed by atoms with Crippen molar-refractivity contribution in [2.75, 3.05) is 13.7 Å². The molecule has 1 aromatic carbocycles. The summed E-state index contributed by atoms with van der Waals surface area (Å²) in [7, 11) is 1.51. The molecule has 0 aliphatic rings. The van der Waals surface area contributed by atoms with E-state index in [-0.39, 0.29) is 11.6 Å². The van der Waals surface area contributed by atoms with Crippen molar-refractivity contribution in [3.63, 3.8) is 0 Å². The largest absolute Gasteiger partial charge is 0.387 e. The van der Waals surface area contributed by atoms with Crippen LogP contribution in [0.1, 0.15) is 12.5 Å². The van der Waals surface area contributed by atoms with Crippen LogP contribution in [0.5, 0.6) is 0 Å². The summed E-state index contributed by atoms with van der Waals surface area (Å²) in [6.45, 7) is 1.85. The first-order valence-corrected chi connectivity index (χ1v) is 4.98. The average Bonchev–Trinajstić information content (AvgIpc) is 2.10. The van der Waals surface area contributed by atoms with E-state index in [4.69, 9.17) is 16.3 Å². The molecule has 84 valence electrons. The fraction of sp³-hybridized carbons (Fsp3) is 0.455. The molecule has 0 heterocycles. The lowest BCUT2D eigenvalue weighted by Crippen LogP contribution is -2.32. The van der Waals surface area contributed by atoms with Crippen molar-refractivity contribution in [3.8, 4) is 0 Å². The Morgan fingerprint density at radius 3 is 2.73 bits per heavy atom. The lowest BCUT2D eigenvalue weighted by molar-refractivity contribution is -0.0161. The highest BCUT2D eigenvalue weighted by molar-refractivity contribution is 6.30. The normalized spacial score (nSPS) is 15.0. The Morgan fingerprint density at radius 1 is 1.53 bits per heavy atom. The van der Waals surface area contributed by atoms with Crippen LogP contribution in [0.15, 0.2) is 18.2 Å². The monoisotopic (exact) mass is 232 g/mol. The lowest BCUT2D eigenvalue weighted by atomic mass is 9.97. The summed E-state index contributed by atoms with van der Waals surface area (Å²) in [5.41, 5.74) is -0.298. The molecule has 0 saturated heterocycles. The highest BCUT2D eigenvalue weighted by atomic mass is 35.5. The van der Waals surface area contributed by atoms with Gasteiger partial charge in [0.2, 0.25) is 0 Å². The molecule has 2 nitrogen and oxygen atoms in total. The van der Waals surface area contributed by atoms with Crippen molar-refractivity contribution in [1.29, 1.82) is 0 Å². The number of ether oxygens (including phenoxy) is 1. The summed E-state index contributed by atoms with van der Waals surface area (Å²) in [6.07, 6.45) is 0.328. The van der Waals surface area contributed by atoms with Gasteiger partial charge in [-0.1, -0.05) is 17.7 Å². The molecule has 0 bridgehead atoms. The van der Waals surface area contributed by atoms with Gasteiger partial charge in [-0.15, -0.1) is 0 Å². The van der Waals surface area contributed by atoms with Crippen LogP contribution in [0.4, 0.5) is 4.39 Å². The number of halogens is 2. The third-order valence-electron chi connectivity index (χ3n) is 2.02. The maximum absolute atomic E-state index is 13.1. The van der Waals surface area contributed by atoms with Crippen LogP contribution in [-0.2, 0) is 11.2 Å². The molecule has 15 heavy (non-hydrogen) atoms. The molecule has 1 N–H and O–H groups in total. The Morgan fingerprint density at radius 2 is 2.20 bits per heavy atom. The lowest BCUT2D eigenvalue weighted by Gasteiger charge is -2.22. The van der Waals surface area contributed by atoms with Crippen LogP contribution < -0.4 is 0 Å². The van der Waals surface area contributed by atoms with Crippen LogP contribution in [0.2, 0.25) is 5.02 Å².